The number of thioether (sulfide) groups is 1. The van der Waals surface area contributed by atoms with Crippen LogP contribution in [0.25, 0.3) is 0 Å². The molecule has 3 unspecified atom stereocenters. The predicted molar refractivity (Wildman–Crippen MR) is 94.5 cm³/mol. The van der Waals surface area contributed by atoms with Crippen molar-refractivity contribution in [2.24, 2.45) is 5.92 Å². The van der Waals surface area contributed by atoms with Crippen LogP contribution < -0.4 is 4.74 Å². The molecule has 0 radical (unpaired) electrons. The highest BCUT2D eigenvalue weighted by Crippen LogP contribution is 2.41. The average molecular weight is 348 g/mol. The van der Waals surface area contributed by atoms with E-state index in [0.29, 0.717) is 12.5 Å². The van der Waals surface area contributed by atoms with Crippen LogP contribution in [0.4, 0.5) is 0 Å². The molecule has 2 aliphatic rings. The Labute approximate surface area is 145 Å². The Kier molecular flexibility index (Phi) is 4.82. The number of nitrogens with zero attached hydrogens (tertiary/aromatic N) is 3. The molecule has 0 saturated carbocycles. The highest BCUT2D eigenvalue weighted by Gasteiger charge is 2.38. The summed E-state index contributed by atoms with van der Waals surface area (Å²) >= 11 is 3.15. The summed E-state index contributed by atoms with van der Waals surface area (Å²) in [6, 6.07) is 9.99. The normalized spacial score (nSPS) is 26.3. The number of hydrogen-bond acceptors (Lipinski definition) is 6. The van der Waals surface area contributed by atoms with Crippen molar-refractivity contribution in [1.82, 2.24) is 13.6 Å². The standard InChI is InChI=1S/C17H21N3OS2/c1-2-6-14(7-3-1)21-9-10-22-17-16(18-23-19-17)15-12-20-8-4-5-13(15)11-20/h1-3,6-7,13,15H,4-5,8-12H2. The highest BCUT2D eigenvalue weighted by atomic mass is 32.2. The minimum absolute atomic E-state index is 0.591. The smallest absolute Gasteiger partial charge is 0.134 e. The monoisotopic (exact) mass is 347 g/mol. The Morgan fingerprint density at radius 2 is 2.13 bits per heavy atom. The summed E-state index contributed by atoms with van der Waals surface area (Å²) in [6.07, 6.45) is 2.69. The third-order valence-electron chi connectivity index (χ3n) is 4.73. The van der Waals surface area contributed by atoms with Gasteiger partial charge in [-0.1, -0.05) is 30.0 Å². The fourth-order valence-corrected chi connectivity index (χ4v) is 5.24. The molecule has 3 heterocycles. The fourth-order valence-electron chi connectivity index (χ4n) is 3.65. The van der Waals surface area contributed by atoms with E-state index in [0.717, 1.165) is 22.4 Å². The van der Waals surface area contributed by atoms with Crippen molar-refractivity contribution in [2.45, 2.75) is 23.8 Å². The van der Waals surface area contributed by atoms with Gasteiger partial charge in [0.25, 0.3) is 0 Å². The summed E-state index contributed by atoms with van der Waals surface area (Å²) in [6.45, 7) is 4.39. The van der Waals surface area contributed by atoms with E-state index in [1.54, 1.807) is 11.8 Å². The lowest BCUT2D eigenvalue weighted by Crippen LogP contribution is -2.25. The van der Waals surface area contributed by atoms with E-state index in [9.17, 15) is 0 Å². The Morgan fingerprint density at radius 1 is 1.22 bits per heavy atom. The zero-order chi connectivity index (χ0) is 15.5. The first-order chi connectivity index (χ1) is 11.4. The third-order valence-corrected chi connectivity index (χ3v) is 6.34. The van der Waals surface area contributed by atoms with E-state index in [1.807, 2.05) is 30.3 Å². The number of fused-ring (bicyclic) bond motifs is 2. The largest absolute Gasteiger partial charge is 0.493 e. The van der Waals surface area contributed by atoms with Crippen molar-refractivity contribution >= 4 is 23.5 Å². The second-order valence-electron chi connectivity index (χ2n) is 6.23. The van der Waals surface area contributed by atoms with Crippen LogP contribution in [0.3, 0.4) is 0 Å². The number of rotatable bonds is 6. The lowest BCUT2D eigenvalue weighted by atomic mass is 9.89. The molecular weight excluding hydrogens is 326 g/mol. The van der Waals surface area contributed by atoms with Gasteiger partial charge >= 0.3 is 0 Å². The van der Waals surface area contributed by atoms with Crippen LogP contribution in [0.2, 0.25) is 0 Å². The molecule has 122 valence electrons. The quantitative estimate of drug-likeness (QED) is 0.590. The molecule has 4 rings (SSSR count). The first kappa shape index (κ1) is 15.4. The molecule has 23 heavy (non-hydrogen) atoms. The van der Waals surface area contributed by atoms with Crippen LogP contribution in [0.1, 0.15) is 24.5 Å². The highest BCUT2D eigenvalue weighted by molar-refractivity contribution is 7.99. The molecule has 0 N–H and O–H groups in total. The lowest BCUT2D eigenvalue weighted by Gasteiger charge is -2.21. The van der Waals surface area contributed by atoms with Crippen molar-refractivity contribution in [1.29, 1.82) is 0 Å². The van der Waals surface area contributed by atoms with Gasteiger partial charge in [-0.3, -0.25) is 0 Å². The van der Waals surface area contributed by atoms with Crippen LogP contribution in [0.15, 0.2) is 35.4 Å². The molecule has 2 saturated heterocycles. The summed E-state index contributed by atoms with van der Waals surface area (Å²) in [5.74, 6) is 3.22. The minimum atomic E-state index is 0.591. The Morgan fingerprint density at radius 3 is 3.00 bits per heavy atom. The second-order valence-corrected chi connectivity index (χ2v) is 7.85. The summed E-state index contributed by atoms with van der Waals surface area (Å²) in [5, 5.41) is 1.13. The number of benzene rings is 1. The van der Waals surface area contributed by atoms with Gasteiger partial charge in [-0.25, -0.2) is 0 Å². The number of hydrogen-bond donors (Lipinski definition) is 0. The van der Waals surface area contributed by atoms with Crippen molar-refractivity contribution in [3.63, 3.8) is 0 Å². The molecule has 0 amide bonds. The first-order valence-corrected chi connectivity index (χ1v) is 9.97. The molecule has 1 aromatic heterocycles. The van der Waals surface area contributed by atoms with Gasteiger partial charge in [-0.2, -0.15) is 8.75 Å². The van der Waals surface area contributed by atoms with Gasteiger partial charge in [0.15, 0.2) is 0 Å². The molecule has 0 aliphatic carbocycles. The van der Waals surface area contributed by atoms with Gasteiger partial charge in [-0.05, 0) is 37.4 Å². The van der Waals surface area contributed by atoms with E-state index in [-0.39, 0.29) is 0 Å². The third kappa shape index (κ3) is 3.54. The van der Waals surface area contributed by atoms with Crippen LogP contribution in [0, 0.1) is 5.92 Å². The Balaban J connectivity index is 1.33. The Hall–Kier alpha value is -1.11. The zero-order valence-electron chi connectivity index (χ0n) is 13.1. The van der Waals surface area contributed by atoms with Crippen molar-refractivity contribution < 1.29 is 4.74 Å². The SMILES string of the molecule is c1ccc(OCCSc2nsnc2C2CN3CCCC2C3)cc1. The van der Waals surface area contributed by atoms with Crippen LogP contribution in [-0.2, 0) is 0 Å². The Bertz CT molecular complexity index is 634. The van der Waals surface area contributed by atoms with Gasteiger partial charge in [-0.15, -0.1) is 0 Å². The maximum absolute atomic E-state index is 5.77. The van der Waals surface area contributed by atoms with Crippen molar-refractivity contribution in [2.75, 3.05) is 32.0 Å². The fraction of sp³-hybridized carbons (Fsp3) is 0.529. The lowest BCUT2D eigenvalue weighted by molar-refractivity contribution is 0.269. The maximum Gasteiger partial charge on any atom is 0.134 e. The van der Waals surface area contributed by atoms with Gasteiger partial charge in [0.2, 0.25) is 0 Å². The van der Waals surface area contributed by atoms with E-state index >= 15 is 0 Å². The molecule has 6 heteroatoms. The van der Waals surface area contributed by atoms with Gasteiger partial charge in [0.05, 0.1) is 24.0 Å². The van der Waals surface area contributed by atoms with E-state index in [4.69, 9.17) is 4.74 Å². The molecule has 2 fully saturated rings. The summed E-state index contributed by atoms with van der Waals surface area (Å²) in [5.41, 5.74) is 1.24. The maximum atomic E-state index is 5.77. The van der Waals surface area contributed by atoms with Gasteiger partial charge in [0, 0.05) is 24.8 Å². The molecule has 2 bridgehead atoms. The number of piperidine rings is 1. The molecule has 2 aromatic rings. The van der Waals surface area contributed by atoms with Crippen molar-refractivity contribution in [3.8, 4) is 5.75 Å². The summed E-state index contributed by atoms with van der Waals surface area (Å²) in [4.78, 5) is 2.59. The molecule has 1 aromatic carbocycles. The minimum Gasteiger partial charge on any atom is -0.493 e. The number of ether oxygens (including phenoxy) is 1. The first-order valence-electron chi connectivity index (χ1n) is 8.25. The molecule has 2 aliphatic heterocycles. The van der Waals surface area contributed by atoms with Crippen LogP contribution in [-0.4, -0.2) is 45.6 Å². The zero-order valence-corrected chi connectivity index (χ0v) is 14.7. The average Bonchev–Trinajstić information content (AvgIpc) is 3.16. The number of para-hydroxylation sites is 1. The van der Waals surface area contributed by atoms with Crippen molar-refractivity contribution in [3.05, 3.63) is 36.0 Å². The van der Waals surface area contributed by atoms with E-state index in [2.05, 4.69) is 13.6 Å². The van der Waals surface area contributed by atoms with E-state index in [1.165, 1.54) is 49.9 Å². The molecule has 3 atom stereocenters. The van der Waals surface area contributed by atoms with Crippen LogP contribution >= 0.6 is 23.5 Å². The summed E-state index contributed by atoms with van der Waals surface area (Å²) in [7, 11) is 0. The summed E-state index contributed by atoms with van der Waals surface area (Å²) < 4.78 is 14.9. The molecule has 4 nitrogen and oxygen atoms in total. The topological polar surface area (TPSA) is 38.3 Å². The van der Waals surface area contributed by atoms with E-state index < -0.39 is 0 Å². The van der Waals surface area contributed by atoms with Gasteiger partial charge in [0.1, 0.15) is 10.8 Å². The molecule has 0 spiro atoms. The van der Waals surface area contributed by atoms with Crippen LogP contribution in [0.5, 0.6) is 5.75 Å². The molecular formula is C17H21N3OS2. The van der Waals surface area contributed by atoms with Gasteiger partial charge < -0.3 is 9.64 Å². The second kappa shape index (κ2) is 7.20. The number of aromatic nitrogens is 2. The predicted octanol–water partition coefficient (Wildman–Crippen LogP) is 3.52.